The molecular weight excluding hydrogens is 105 g/mol. The van der Waals surface area contributed by atoms with Crippen LogP contribution in [-0.4, -0.2) is 6.21 Å². The fourth-order valence-electron chi connectivity index (χ4n) is 0.236. The van der Waals surface area contributed by atoms with Gasteiger partial charge in [0.25, 0.3) is 0 Å². The summed E-state index contributed by atoms with van der Waals surface area (Å²) in [6.45, 7) is 1.62. The van der Waals surface area contributed by atoms with Gasteiger partial charge in [-0.15, -0.1) is 0 Å². The lowest BCUT2D eigenvalue weighted by Crippen LogP contribution is -1.63. The number of allylic oxidation sites excluding steroid dienone is 3. The van der Waals surface area contributed by atoms with Gasteiger partial charge < -0.3 is 5.41 Å². The van der Waals surface area contributed by atoms with Gasteiger partial charge in [0.2, 0.25) is 0 Å². The topological polar surface area (TPSA) is 23.9 Å². The van der Waals surface area contributed by atoms with E-state index in [4.69, 9.17) is 5.41 Å². The first-order valence-electron chi connectivity index (χ1n) is 2.25. The van der Waals surface area contributed by atoms with Crippen molar-refractivity contribution in [3.63, 3.8) is 0 Å². The molecule has 0 saturated carbocycles. The first-order valence-corrected chi connectivity index (χ1v) is 2.25. The fraction of sp³-hybridized carbons (Fsp3) is 0.167. The number of nitrogens with one attached hydrogen (secondary N) is 1. The van der Waals surface area contributed by atoms with E-state index in [9.17, 15) is 4.39 Å². The quantitative estimate of drug-likeness (QED) is 0.418. The van der Waals surface area contributed by atoms with Crippen LogP contribution in [0.25, 0.3) is 0 Å². The Kier molecular flexibility index (Phi) is 3.76. The molecule has 0 aromatic carbocycles. The molecule has 0 saturated heterocycles. The lowest BCUT2D eigenvalue weighted by Gasteiger charge is -1.79. The molecule has 0 unspecified atom stereocenters. The van der Waals surface area contributed by atoms with E-state index in [2.05, 4.69) is 0 Å². The summed E-state index contributed by atoms with van der Waals surface area (Å²) in [6.07, 6.45) is 4.59. The van der Waals surface area contributed by atoms with Crippen molar-refractivity contribution in [1.82, 2.24) is 0 Å². The van der Waals surface area contributed by atoms with Crippen LogP contribution in [0.15, 0.2) is 24.1 Å². The van der Waals surface area contributed by atoms with E-state index in [1.165, 1.54) is 12.2 Å². The predicted molar refractivity (Wildman–Crippen MR) is 32.8 cm³/mol. The first kappa shape index (κ1) is 7.08. The maximum absolute atomic E-state index is 11.4. The summed E-state index contributed by atoms with van der Waals surface area (Å²) < 4.78 is 11.4. The standard InChI is InChI=1S/C6H8FN/c1-6(5-7)3-2-4-8/h2-5,8H,1H3/b3-2-,6-5-,8-4?. The van der Waals surface area contributed by atoms with E-state index in [0.29, 0.717) is 11.9 Å². The van der Waals surface area contributed by atoms with Crippen molar-refractivity contribution in [2.24, 2.45) is 0 Å². The van der Waals surface area contributed by atoms with Gasteiger partial charge >= 0.3 is 0 Å². The highest BCUT2D eigenvalue weighted by atomic mass is 19.1. The highest BCUT2D eigenvalue weighted by molar-refractivity contribution is 5.68. The van der Waals surface area contributed by atoms with Gasteiger partial charge in [0.15, 0.2) is 0 Å². The maximum Gasteiger partial charge on any atom is 0.0896 e. The van der Waals surface area contributed by atoms with Gasteiger partial charge in [-0.3, -0.25) is 0 Å². The van der Waals surface area contributed by atoms with E-state index < -0.39 is 0 Å². The molecule has 0 amide bonds. The normalized spacial score (nSPS) is 12.5. The van der Waals surface area contributed by atoms with E-state index in [-0.39, 0.29) is 0 Å². The third-order valence-corrected chi connectivity index (χ3v) is 0.627. The summed E-state index contributed by atoms with van der Waals surface area (Å²) in [7, 11) is 0. The van der Waals surface area contributed by atoms with Gasteiger partial charge in [0.05, 0.1) is 6.33 Å². The van der Waals surface area contributed by atoms with Crippen LogP contribution >= 0.6 is 0 Å². The zero-order valence-corrected chi connectivity index (χ0v) is 4.69. The van der Waals surface area contributed by atoms with Crippen LogP contribution in [0, 0.1) is 5.41 Å². The molecule has 0 fully saturated rings. The van der Waals surface area contributed by atoms with E-state index >= 15 is 0 Å². The highest BCUT2D eigenvalue weighted by Gasteiger charge is 1.74. The largest absolute Gasteiger partial charge is 0.309 e. The summed E-state index contributed by atoms with van der Waals surface area (Å²) in [4.78, 5) is 0. The van der Waals surface area contributed by atoms with Gasteiger partial charge in [0.1, 0.15) is 0 Å². The maximum atomic E-state index is 11.4. The highest BCUT2D eigenvalue weighted by Crippen LogP contribution is 1.92. The molecule has 0 atom stereocenters. The van der Waals surface area contributed by atoms with E-state index in [1.807, 2.05) is 0 Å². The molecule has 0 aliphatic carbocycles. The molecule has 0 aromatic rings. The molecule has 2 heteroatoms. The molecule has 0 heterocycles. The molecule has 0 aliphatic heterocycles. The van der Waals surface area contributed by atoms with Crippen molar-refractivity contribution in [3.05, 3.63) is 24.1 Å². The van der Waals surface area contributed by atoms with Crippen LogP contribution in [0.5, 0.6) is 0 Å². The van der Waals surface area contributed by atoms with Gasteiger partial charge in [0, 0.05) is 6.21 Å². The van der Waals surface area contributed by atoms with Crippen LogP contribution in [-0.2, 0) is 0 Å². The Bertz CT molecular complexity index is 124. The fourth-order valence-corrected chi connectivity index (χ4v) is 0.236. The molecule has 0 bridgehead atoms. The Morgan fingerprint density at radius 3 is 2.62 bits per heavy atom. The van der Waals surface area contributed by atoms with Crippen LogP contribution in [0.4, 0.5) is 4.39 Å². The average molecular weight is 113 g/mol. The van der Waals surface area contributed by atoms with Gasteiger partial charge in [-0.05, 0) is 18.6 Å². The summed E-state index contributed by atoms with van der Waals surface area (Å²) >= 11 is 0. The van der Waals surface area contributed by atoms with E-state index in [0.717, 1.165) is 6.21 Å². The zero-order chi connectivity index (χ0) is 6.41. The van der Waals surface area contributed by atoms with Crippen molar-refractivity contribution in [2.75, 3.05) is 0 Å². The molecule has 44 valence electrons. The lowest BCUT2D eigenvalue weighted by atomic mass is 10.3. The van der Waals surface area contributed by atoms with Crippen molar-refractivity contribution in [3.8, 4) is 0 Å². The molecule has 0 spiro atoms. The van der Waals surface area contributed by atoms with Crippen LogP contribution in [0.1, 0.15) is 6.92 Å². The average Bonchev–Trinajstić information content (AvgIpc) is 1.83. The summed E-state index contributed by atoms with van der Waals surface area (Å²) in [5, 5.41) is 6.51. The Balaban J connectivity index is 3.69. The summed E-state index contributed by atoms with van der Waals surface area (Å²) in [5.41, 5.74) is 0.522. The smallest absolute Gasteiger partial charge is 0.0896 e. The number of rotatable bonds is 2. The Morgan fingerprint density at radius 2 is 2.25 bits per heavy atom. The SMILES string of the molecule is CC(/C=C\C=N)=C/F. The van der Waals surface area contributed by atoms with Crippen LogP contribution in [0.3, 0.4) is 0 Å². The monoisotopic (exact) mass is 113 g/mol. The molecule has 8 heavy (non-hydrogen) atoms. The molecule has 0 radical (unpaired) electrons. The second-order valence-corrected chi connectivity index (χ2v) is 1.38. The minimum atomic E-state index is 0.500. The third kappa shape index (κ3) is 3.28. The Labute approximate surface area is 48.0 Å². The van der Waals surface area contributed by atoms with Gasteiger partial charge in [-0.2, -0.15) is 0 Å². The molecule has 0 rings (SSSR count). The molecule has 1 nitrogen and oxygen atoms in total. The molecule has 1 N–H and O–H groups in total. The number of hydrogen-bond acceptors (Lipinski definition) is 1. The van der Waals surface area contributed by atoms with Gasteiger partial charge in [-0.25, -0.2) is 4.39 Å². The Morgan fingerprint density at radius 1 is 1.62 bits per heavy atom. The van der Waals surface area contributed by atoms with Crippen LogP contribution < -0.4 is 0 Å². The second kappa shape index (κ2) is 4.24. The predicted octanol–water partition coefficient (Wildman–Crippen LogP) is 2.07. The molecule has 0 aromatic heterocycles. The minimum Gasteiger partial charge on any atom is -0.309 e. The molecule has 0 aliphatic rings. The summed E-state index contributed by atoms with van der Waals surface area (Å²) in [5.74, 6) is 0. The molecular formula is C6H8FN. The Hall–Kier alpha value is -0.920. The van der Waals surface area contributed by atoms with Gasteiger partial charge in [-0.1, -0.05) is 6.08 Å². The zero-order valence-electron chi connectivity index (χ0n) is 4.69. The summed E-state index contributed by atoms with van der Waals surface area (Å²) in [6, 6.07) is 0. The van der Waals surface area contributed by atoms with Crippen molar-refractivity contribution < 1.29 is 4.39 Å². The number of hydrogen-bond donors (Lipinski definition) is 1. The van der Waals surface area contributed by atoms with E-state index in [1.54, 1.807) is 6.92 Å². The minimum absolute atomic E-state index is 0.500. The van der Waals surface area contributed by atoms with Crippen LogP contribution in [0.2, 0.25) is 0 Å². The van der Waals surface area contributed by atoms with Crippen molar-refractivity contribution in [2.45, 2.75) is 6.92 Å². The van der Waals surface area contributed by atoms with Crippen molar-refractivity contribution in [1.29, 1.82) is 5.41 Å². The lowest BCUT2D eigenvalue weighted by molar-refractivity contribution is 0.713. The number of halogens is 1. The van der Waals surface area contributed by atoms with Crippen molar-refractivity contribution >= 4 is 6.21 Å². The third-order valence-electron chi connectivity index (χ3n) is 0.627. The second-order valence-electron chi connectivity index (χ2n) is 1.38. The first-order chi connectivity index (χ1) is 3.81.